The molecule has 84 valence electrons. The van der Waals surface area contributed by atoms with Crippen molar-refractivity contribution < 1.29 is 14.6 Å². The number of rotatable bonds is 5. The molecule has 1 rings (SSSR count). The summed E-state index contributed by atoms with van der Waals surface area (Å²) in [5.41, 5.74) is 0. The average molecular weight is 203 g/mol. The summed E-state index contributed by atoms with van der Waals surface area (Å²) >= 11 is 0. The molecule has 1 fully saturated rings. The molecular weight excluding hydrogens is 182 g/mol. The highest BCUT2D eigenvalue weighted by atomic mass is 16.7. The summed E-state index contributed by atoms with van der Waals surface area (Å²) in [6, 6.07) is 0.0989. The minimum atomic E-state index is -0.470. The first-order valence-corrected chi connectivity index (χ1v) is 5.38. The minimum Gasteiger partial charge on any atom is -0.395 e. The van der Waals surface area contributed by atoms with Crippen LogP contribution in [0.3, 0.4) is 0 Å². The summed E-state index contributed by atoms with van der Waals surface area (Å²) in [7, 11) is 0. The monoisotopic (exact) mass is 203 g/mol. The lowest BCUT2D eigenvalue weighted by Crippen LogP contribution is -2.52. The molecule has 0 saturated carbocycles. The number of piperidine rings is 1. The highest BCUT2D eigenvalue weighted by molar-refractivity contribution is 4.84. The molecule has 0 spiro atoms. The van der Waals surface area contributed by atoms with Crippen LogP contribution in [-0.4, -0.2) is 43.3 Å². The van der Waals surface area contributed by atoms with Gasteiger partial charge >= 0.3 is 0 Å². The first-order chi connectivity index (χ1) is 6.76. The maximum Gasteiger partial charge on any atom is 0.171 e. The molecule has 14 heavy (non-hydrogen) atoms. The topological polar surface area (TPSA) is 50.7 Å². The average Bonchev–Trinajstić information content (AvgIpc) is 2.19. The van der Waals surface area contributed by atoms with Crippen molar-refractivity contribution in [3.05, 3.63) is 0 Å². The molecule has 4 heteroatoms. The molecule has 2 N–H and O–H groups in total. The van der Waals surface area contributed by atoms with E-state index in [4.69, 9.17) is 14.6 Å². The van der Waals surface area contributed by atoms with Gasteiger partial charge in [0.05, 0.1) is 6.61 Å². The van der Waals surface area contributed by atoms with Crippen LogP contribution in [0.1, 0.15) is 26.7 Å². The van der Waals surface area contributed by atoms with Gasteiger partial charge in [0.25, 0.3) is 0 Å². The summed E-state index contributed by atoms with van der Waals surface area (Å²) in [6.45, 7) is 6.22. The van der Waals surface area contributed by atoms with Gasteiger partial charge in [-0.1, -0.05) is 0 Å². The normalized spacial score (nSPS) is 26.4. The van der Waals surface area contributed by atoms with Crippen molar-refractivity contribution in [1.82, 2.24) is 5.32 Å². The lowest BCUT2D eigenvalue weighted by Gasteiger charge is -2.40. The number of aliphatic hydroxyl groups excluding tert-OH is 1. The molecule has 0 unspecified atom stereocenters. The maximum absolute atomic E-state index is 9.09. The Hall–Kier alpha value is -0.160. The van der Waals surface area contributed by atoms with E-state index in [1.807, 2.05) is 13.8 Å². The van der Waals surface area contributed by atoms with E-state index >= 15 is 0 Å². The standard InChI is InChI=1S/C10H21NO3/c1-3-13-10(14-4-2)5-6-11-9(7-10)8-12/h9,11-12H,3-8H2,1-2H3/t9-/m0/s1. The van der Waals surface area contributed by atoms with Gasteiger partial charge in [-0.2, -0.15) is 0 Å². The van der Waals surface area contributed by atoms with E-state index in [9.17, 15) is 0 Å². The molecule has 0 aromatic carbocycles. The molecule has 4 nitrogen and oxygen atoms in total. The third-order valence-electron chi connectivity index (χ3n) is 2.53. The minimum absolute atomic E-state index is 0.0989. The molecule has 1 atom stereocenters. The second-order valence-corrected chi connectivity index (χ2v) is 3.56. The van der Waals surface area contributed by atoms with E-state index in [0.29, 0.717) is 13.2 Å². The predicted molar refractivity (Wildman–Crippen MR) is 54.1 cm³/mol. The summed E-state index contributed by atoms with van der Waals surface area (Å²) in [6.07, 6.45) is 1.58. The molecule has 0 aromatic rings. The number of hydrogen-bond acceptors (Lipinski definition) is 4. The lowest BCUT2D eigenvalue weighted by molar-refractivity contribution is -0.251. The molecule has 1 saturated heterocycles. The Kier molecular flexibility index (Phi) is 4.81. The van der Waals surface area contributed by atoms with Gasteiger partial charge in [-0.15, -0.1) is 0 Å². The third-order valence-corrected chi connectivity index (χ3v) is 2.53. The zero-order valence-electron chi connectivity index (χ0n) is 9.08. The van der Waals surface area contributed by atoms with Gasteiger partial charge in [0.15, 0.2) is 5.79 Å². The van der Waals surface area contributed by atoms with Crippen LogP contribution in [0, 0.1) is 0 Å². The molecule has 0 aliphatic carbocycles. The van der Waals surface area contributed by atoms with Gasteiger partial charge in [0.2, 0.25) is 0 Å². The highest BCUT2D eigenvalue weighted by Gasteiger charge is 2.37. The second kappa shape index (κ2) is 5.66. The Morgan fingerprint density at radius 2 is 2.00 bits per heavy atom. The quantitative estimate of drug-likeness (QED) is 0.639. The fourth-order valence-electron chi connectivity index (χ4n) is 1.98. The molecule has 1 aliphatic rings. The van der Waals surface area contributed by atoms with E-state index in [0.717, 1.165) is 19.4 Å². The lowest BCUT2D eigenvalue weighted by atomic mass is 9.98. The van der Waals surface area contributed by atoms with Crippen LogP contribution in [0.5, 0.6) is 0 Å². The van der Waals surface area contributed by atoms with Crippen LogP contribution in [0.15, 0.2) is 0 Å². The number of aliphatic hydroxyl groups is 1. The van der Waals surface area contributed by atoms with E-state index in [-0.39, 0.29) is 12.6 Å². The van der Waals surface area contributed by atoms with Crippen molar-refractivity contribution in [2.24, 2.45) is 0 Å². The van der Waals surface area contributed by atoms with Gasteiger partial charge in [0.1, 0.15) is 0 Å². The van der Waals surface area contributed by atoms with E-state index in [2.05, 4.69) is 5.32 Å². The van der Waals surface area contributed by atoms with E-state index in [1.54, 1.807) is 0 Å². The summed E-state index contributed by atoms with van der Waals surface area (Å²) < 4.78 is 11.3. The van der Waals surface area contributed by atoms with Gasteiger partial charge < -0.3 is 19.9 Å². The number of nitrogens with one attached hydrogen (secondary N) is 1. The van der Waals surface area contributed by atoms with Gasteiger partial charge in [-0.3, -0.25) is 0 Å². The summed E-state index contributed by atoms with van der Waals surface area (Å²) in [5.74, 6) is -0.470. The molecule has 0 bridgehead atoms. The smallest absolute Gasteiger partial charge is 0.171 e. The SMILES string of the molecule is CCOC1(OCC)CCN[C@H](CO)C1. The molecular formula is C10H21NO3. The predicted octanol–water partition coefficient (Wildman–Crippen LogP) is 0.500. The fraction of sp³-hybridized carbons (Fsp3) is 1.00. The van der Waals surface area contributed by atoms with Gasteiger partial charge in [0, 0.05) is 38.6 Å². The van der Waals surface area contributed by atoms with Crippen molar-refractivity contribution in [2.75, 3.05) is 26.4 Å². The molecule has 0 radical (unpaired) electrons. The molecule has 1 aliphatic heterocycles. The fourth-order valence-corrected chi connectivity index (χ4v) is 1.98. The first-order valence-electron chi connectivity index (χ1n) is 5.38. The summed E-state index contributed by atoms with van der Waals surface area (Å²) in [5, 5.41) is 12.3. The zero-order valence-corrected chi connectivity index (χ0v) is 9.08. The Bertz CT molecular complexity index is 152. The molecule has 0 amide bonds. The second-order valence-electron chi connectivity index (χ2n) is 3.56. The van der Waals surface area contributed by atoms with Gasteiger partial charge in [-0.05, 0) is 13.8 Å². The Balaban J connectivity index is 2.55. The Morgan fingerprint density at radius 1 is 1.36 bits per heavy atom. The zero-order chi connectivity index (χ0) is 10.4. The van der Waals surface area contributed by atoms with Crippen LogP contribution < -0.4 is 5.32 Å². The van der Waals surface area contributed by atoms with E-state index < -0.39 is 5.79 Å². The highest BCUT2D eigenvalue weighted by Crippen LogP contribution is 2.27. The number of hydrogen-bond donors (Lipinski definition) is 2. The van der Waals surface area contributed by atoms with Crippen molar-refractivity contribution in [2.45, 2.75) is 38.5 Å². The molecule has 1 heterocycles. The maximum atomic E-state index is 9.09. The molecule has 0 aromatic heterocycles. The Morgan fingerprint density at radius 3 is 2.50 bits per heavy atom. The van der Waals surface area contributed by atoms with Crippen molar-refractivity contribution >= 4 is 0 Å². The van der Waals surface area contributed by atoms with Crippen LogP contribution in [0.25, 0.3) is 0 Å². The van der Waals surface area contributed by atoms with Crippen LogP contribution in [0.4, 0.5) is 0 Å². The largest absolute Gasteiger partial charge is 0.395 e. The Labute approximate surface area is 85.6 Å². The first kappa shape index (κ1) is 11.9. The van der Waals surface area contributed by atoms with Crippen molar-refractivity contribution in [1.29, 1.82) is 0 Å². The van der Waals surface area contributed by atoms with Crippen LogP contribution in [0.2, 0.25) is 0 Å². The number of ether oxygens (including phenoxy) is 2. The van der Waals surface area contributed by atoms with Crippen molar-refractivity contribution in [3.8, 4) is 0 Å². The van der Waals surface area contributed by atoms with Crippen LogP contribution in [-0.2, 0) is 9.47 Å². The summed E-state index contributed by atoms with van der Waals surface area (Å²) in [4.78, 5) is 0. The van der Waals surface area contributed by atoms with Gasteiger partial charge in [-0.25, -0.2) is 0 Å². The van der Waals surface area contributed by atoms with Crippen molar-refractivity contribution in [3.63, 3.8) is 0 Å². The van der Waals surface area contributed by atoms with Crippen LogP contribution >= 0.6 is 0 Å². The third kappa shape index (κ3) is 2.92. The van der Waals surface area contributed by atoms with E-state index in [1.165, 1.54) is 0 Å².